The summed E-state index contributed by atoms with van der Waals surface area (Å²) < 4.78 is 0. The van der Waals surface area contributed by atoms with Gasteiger partial charge in [-0.25, -0.2) is 4.79 Å². The van der Waals surface area contributed by atoms with Crippen molar-refractivity contribution in [2.75, 3.05) is 0 Å². The van der Waals surface area contributed by atoms with Gasteiger partial charge in [0, 0.05) is 0 Å². The molecule has 3 amide bonds. The lowest BCUT2D eigenvalue weighted by atomic mass is 9.81. The maximum atomic E-state index is 12.2. The lowest BCUT2D eigenvalue weighted by Gasteiger charge is -2.28. The van der Waals surface area contributed by atoms with Crippen molar-refractivity contribution in [2.45, 2.75) is 5.54 Å². The number of nitrogens with one attached hydrogen (secondary N) is 2. The van der Waals surface area contributed by atoms with Crippen LogP contribution in [0.25, 0.3) is 0 Å². The van der Waals surface area contributed by atoms with Gasteiger partial charge in [0.2, 0.25) is 0 Å². The van der Waals surface area contributed by atoms with E-state index in [-0.39, 0.29) is 0 Å². The van der Waals surface area contributed by atoms with Gasteiger partial charge in [0.05, 0.1) is 0 Å². The lowest BCUT2D eigenvalue weighted by Crippen LogP contribution is -2.49. The van der Waals surface area contributed by atoms with Gasteiger partial charge in [-0.15, -0.1) is 0 Å². The average Bonchev–Trinajstić information content (AvgIpc) is 2.68. The van der Waals surface area contributed by atoms with E-state index in [0.717, 1.165) is 0 Å². The third-order valence-electron chi connectivity index (χ3n) is 2.77. The Kier molecular flexibility index (Phi) is 4.42. The Morgan fingerprint density at radius 3 is 1.68 bits per heavy atom. The molecule has 0 bridgehead atoms. The first kappa shape index (κ1) is 14.4. The molecule has 0 saturated carbocycles. The number of hydrogen-bond donors (Lipinski definition) is 2. The van der Waals surface area contributed by atoms with Crippen LogP contribution in [-0.2, 0) is 4.79 Å². The Balaban J connectivity index is 3.58. The third kappa shape index (κ3) is 2.33. The molecule has 0 atom stereocenters. The minimum atomic E-state index is -1.34. The Morgan fingerprint density at radius 1 is 0.947 bits per heavy atom. The van der Waals surface area contributed by atoms with Crippen LogP contribution in [0.15, 0.2) is 73.9 Å². The molecule has 0 aromatic heterocycles. The molecule has 1 heterocycles. The molecule has 1 fully saturated rings. The standard InChI is InChI=1S/C15H16N2O2/c1-5-9-11(7-3)15(12(8-4)10-6-2)13(18)16-14(19)17-15/h5-10H,1-4H2,(H2,16,17,18,19)/b11-9+,12-10+. The topological polar surface area (TPSA) is 58.2 Å². The van der Waals surface area contributed by atoms with Crippen LogP contribution < -0.4 is 10.6 Å². The SMILES string of the molecule is C=C/C=C(\C=C)C1(/C(C=C)=C/C=C)NC(=O)NC1=O. The molecule has 98 valence electrons. The smallest absolute Gasteiger partial charge is 0.316 e. The molecule has 1 aliphatic heterocycles. The predicted molar refractivity (Wildman–Crippen MR) is 76.4 cm³/mol. The van der Waals surface area contributed by atoms with Gasteiger partial charge in [-0.2, -0.15) is 0 Å². The van der Waals surface area contributed by atoms with E-state index in [1.807, 2.05) is 0 Å². The second kappa shape index (κ2) is 5.82. The predicted octanol–water partition coefficient (Wildman–Crippen LogP) is 2.16. The van der Waals surface area contributed by atoms with Crippen molar-refractivity contribution < 1.29 is 9.59 Å². The van der Waals surface area contributed by atoms with Gasteiger partial charge in [-0.1, -0.05) is 62.8 Å². The van der Waals surface area contributed by atoms with Crippen molar-refractivity contribution in [3.63, 3.8) is 0 Å². The monoisotopic (exact) mass is 256 g/mol. The number of allylic oxidation sites excluding steroid dienone is 4. The Bertz CT molecular complexity index is 494. The molecule has 0 radical (unpaired) electrons. The summed E-state index contributed by atoms with van der Waals surface area (Å²) in [5.74, 6) is -0.488. The van der Waals surface area contributed by atoms with Gasteiger partial charge in [0.25, 0.3) is 5.91 Å². The quantitative estimate of drug-likeness (QED) is 0.565. The second-order valence-electron chi connectivity index (χ2n) is 3.78. The minimum Gasteiger partial charge on any atom is -0.316 e. The van der Waals surface area contributed by atoms with Gasteiger partial charge in [-0.05, 0) is 11.1 Å². The summed E-state index contributed by atoms with van der Waals surface area (Å²) in [6, 6.07) is -0.571. The Morgan fingerprint density at radius 2 is 1.42 bits per heavy atom. The number of amides is 3. The maximum absolute atomic E-state index is 12.2. The minimum absolute atomic E-state index is 0.488. The van der Waals surface area contributed by atoms with E-state index in [9.17, 15) is 9.59 Å². The first-order valence-electron chi connectivity index (χ1n) is 5.61. The van der Waals surface area contributed by atoms with E-state index in [0.29, 0.717) is 11.1 Å². The summed E-state index contributed by atoms with van der Waals surface area (Å²) in [5, 5.41) is 4.83. The summed E-state index contributed by atoms with van der Waals surface area (Å²) in [7, 11) is 0. The van der Waals surface area contributed by atoms with E-state index in [2.05, 4.69) is 36.9 Å². The molecular weight excluding hydrogens is 240 g/mol. The molecule has 1 saturated heterocycles. The number of rotatable bonds is 6. The zero-order valence-corrected chi connectivity index (χ0v) is 10.6. The van der Waals surface area contributed by atoms with Crippen LogP contribution in [0.2, 0.25) is 0 Å². The van der Waals surface area contributed by atoms with E-state index in [1.165, 1.54) is 24.3 Å². The molecule has 0 unspecified atom stereocenters. The van der Waals surface area contributed by atoms with Gasteiger partial charge in [0.1, 0.15) is 0 Å². The number of carbonyl (C=O) groups is 2. The molecule has 4 nitrogen and oxygen atoms in total. The summed E-state index contributed by atoms with van der Waals surface area (Å²) >= 11 is 0. The highest BCUT2D eigenvalue weighted by Gasteiger charge is 2.49. The molecule has 0 spiro atoms. The Labute approximate surface area is 112 Å². The van der Waals surface area contributed by atoms with Crippen LogP contribution in [0.5, 0.6) is 0 Å². The van der Waals surface area contributed by atoms with E-state index >= 15 is 0 Å². The third-order valence-corrected chi connectivity index (χ3v) is 2.77. The highest BCUT2D eigenvalue weighted by atomic mass is 16.2. The van der Waals surface area contributed by atoms with Gasteiger partial charge in [0.15, 0.2) is 5.54 Å². The molecule has 2 N–H and O–H groups in total. The molecular formula is C15H16N2O2. The number of urea groups is 1. The first-order chi connectivity index (χ1) is 9.06. The average molecular weight is 256 g/mol. The molecule has 1 aliphatic rings. The van der Waals surface area contributed by atoms with E-state index in [4.69, 9.17) is 0 Å². The number of imide groups is 1. The van der Waals surface area contributed by atoms with Gasteiger partial charge < -0.3 is 5.32 Å². The van der Waals surface area contributed by atoms with Crippen molar-refractivity contribution in [3.05, 3.63) is 73.9 Å². The fourth-order valence-electron chi connectivity index (χ4n) is 1.97. The van der Waals surface area contributed by atoms with Crippen LogP contribution in [0.3, 0.4) is 0 Å². The molecule has 1 rings (SSSR count). The van der Waals surface area contributed by atoms with E-state index in [1.54, 1.807) is 12.2 Å². The van der Waals surface area contributed by atoms with Crippen molar-refractivity contribution in [1.29, 1.82) is 0 Å². The molecule has 0 aromatic carbocycles. The maximum Gasteiger partial charge on any atom is 0.322 e. The largest absolute Gasteiger partial charge is 0.322 e. The van der Waals surface area contributed by atoms with Crippen LogP contribution in [0.1, 0.15) is 0 Å². The van der Waals surface area contributed by atoms with Gasteiger partial charge >= 0.3 is 6.03 Å². The zero-order valence-electron chi connectivity index (χ0n) is 10.6. The fourth-order valence-corrected chi connectivity index (χ4v) is 1.97. The zero-order chi connectivity index (χ0) is 14.5. The van der Waals surface area contributed by atoms with E-state index < -0.39 is 17.5 Å². The van der Waals surface area contributed by atoms with Crippen LogP contribution in [0.4, 0.5) is 4.79 Å². The van der Waals surface area contributed by atoms with Crippen molar-refractivity contribution >= 4 is 11.9 Å². The molecule has 0 aliphatic carbocycles. The number of carbonyl (C=O) groups excluding carboxylic acids is 2. The van der Waals surface area contributed by atoms with Crippen molar-refractivity contribution in [1.82, 2.24) is 10.6 Å². The first-order valence-corrected chi connectivity index (χ1v) is 5.61. The summed E-state index contributed by atoms with van der Waals surface area (Å²) in [5.41, 5.74) is -0.346. The molecule has 4 heteroatoms. The fraction of sp³-hybridized carbons (Fsp3) is 0.0667. The normalized spacial score (nSPS) is 23.4. The highest BCUT2D eigenvalue weighted by molar-refractivity contribution is 6.12. The lowest BCUT2D eigenvalue weighted by molar-refractivity contribution is -0.121. The highest BCUT2D eigenvalue weighted by Crippen LogP contribution is 2.31. The second-order valence-corrected chi connectivity index (χ2v) is 3.78. The summed E-state index contributed by atoms with van der Waals surface area (Å²) in [6.07, 6.45) is 9.24. The summed E-state index contributed by atoms with van der Waals surface area (Å²) in [4.78, 5) is 23.7. The van der Waals surface area contributed by atoms with Crippen molar-refractivity contribution in [2.24, 2.45) is 0 Å². The summed E-state index contributed by atoms with van der Waals surface area (Å²) in [6.45, 7) is 14.5. The van der Waals surface area contributed by atoms with Crippen LogP contribution >= 0.6 is 0 Å². The van der Waals surface area contributed by atoms with Crippen molar-refractivity contribution in [3.8, 4) is 0 Å². The van der Waals surface area contributed by atoms with Crippen LogP contribution in [0, 0.1) is 0 Å². The Hall–Kier alpha value is -2.62. The van der Waals surface area contributed by atoms with Crippen LogP contribution in [-0.4, -0.2) is 17.5 Å². The number of hydrogen-bond acceptors (Lipinski definition) is 2. The molecule has 19 heavy (non-hydrogen) atoms. The van der Waals surface area contributed by atoms with Gasteiger partial charge in [-0.3, -0.25) is 10.1 Å². The molecule has 0 aromatic rings.